The summed E-state index contributed by atoms with van der Waals surface area (Å²) < 4.78 is 11.0. The van der Waals surface area contributed by atoms with Gasteiger partial charge >= 0.3 is 5.97 Å². The number of nitrogens with zero attached hydrogens (tertiary/aromatic N) is 1. The lowest BCUT2D eigenvalue weighted by molar-refractivity contribution is 0.0621. The number of carbonyl (C=O) groups is 2. The van der Waals surface area contributed by atoms with Crippen LogP contribution in [0.15, 0.2) is 40.8 Å². The molecule has 1 saturated heterocycles. The second-order valence-corrected chi connectivity index (χ2v) is 6.36. The molecule has 6 nitrogen and oxygen atoms in total. The SMILES string of the molecule is CCc1oc(C(=O)N(CCc2ccccc2)C2CCOC2)cc1C(=O)O. The fraction of sp³-hybridized carbons (Fsp3) is 0.400. The van der Waals surface area contributed by atoms with E-state index >= 15 is 0 Å². The second-order valence-electron chi connectivity index (χ2n) is 6.36. The van der Waals surface area contributed by atoms with Gasteiger partial charge in [-0.1, -0.05) is 37.3 Å². The summed E-state index contributed by atoms with van der Waals surface area (Å²) in [7, 11) is 0. The van der Waals surface area contributed by atoms with Gasteiger partial charge in [-0.2, -0.15) is 0 Å². The van der Waals surface area contributed by atoms with Crippen molar-refractivity contribution in [2.75, 3.05) is 19.8 Å². The third-order valence-corrected chi connectivity index (χ3v) is 4.66. The van der Waals surface area contributed by atoms with Crippen LogP contribution < -0.4 is 0 Å². The van der Waals surface area contributed by atoms with Crippen LogP contribution in [0.4, 0.5) is 0 Å². The monoisotopic (exact) mass is 357 g/mol. The molecule has 3 rings (SSSR count). The minimum Gasteiger partial charge on any atom is -0.478 e. The molecule has 0 aliphatic carbocycles. The zero-order valence-electron chi connectivity index (χ0n) is 14.8. The summed E-state index contributed by atoms with van der Waals surface area (Å²) in [5.74, 6) is -0.950. The summed E-state index contributed by atoms with van der Waals surface area (Å²) in [5, 5.41) is 9.29. The van der Waals surface area contributed by atoms with Gasteiger partial charge < -0.3 is 19.2 Å². The first kappa shape index (κ1) is 18.2. The van der Waals surface area contributed by atoms with Gasteiger partial charge in [-0.3, -0.25) is 4.79 Å². The Morgan fingerprint density at radius 2 is 2.04 bits per heavy atom. The number of rotatable bonds is 7. The number of carboxylic acid groups (broad SMARTS) is 1. The quantitative estimate of drug-likeness (QED) is 0.824. The van der Waals surface area contributed by atoms with Gasteiger partial charge in [0.2, 0.25) is 0 Å². The molecule has 1 aromatic heterocycles. The molecule has 1 aliphatic rings. The lowest BCUT2D eigenvalue weighted by atomic mass is 10.1. The van der Waals surface area contributed by atoms with Gasteiger partial charge in [0, 0.05) is 25.6 Å². The molecule has 2 aromatic rings. The van der Waals surface area contributed by atoms with E-state index in [1.807, 2.05) is 30.3 Å². The highest BCUT2D eigenvalue weighted by molar-refractivity contribution is 5.96. The Morgan fingerprint density at radius 1 is 1.27 bits per heavy atom. The van der Waals surface area contributed by atoms with Crippen molar-refractivity contribution in [3.63, 3.8) is 0 Å². The third kappa shape index (κ3) is 3.96. The molecule has 1 unspecified atom stereocenters. The molecule has 138 valence electrons. The maximum absolute atomic E-state index is 13.0. The van der Waals surface area contributed by atoms with E-state index in [0.29, 0.717) is 31.9 Å². The maximum atomic E-state index is 13.0. The molecule has 1 fully saturated rings. The molecule has 1 amide bonds. The van der Waals surface area contributed by atoms with Crippen molar-refractivity contribution in [3.8, 4) is 0 Å². The Labute approximate surface area is 152 Å². The van der Waals surface area contributed by atoms with E-state index in [1.165, 1.54) is 6.07 Å². The van der Waals surface area contributed by atoms with Crippen molar-refractivity contribution < 1.29 is 23.8 Å². The molecule has 1 aliphatic heterocycles. The van der Waals surface area contributed by atoms with Crippen molar-refractivity contribution in [1.82, 2.24) is 4.90 Å². The summed E-state index contributed by atoms with van der Waals surface area (Å²) in [6.07, 6.45) is 1.91. The number of aryl methyl sites for hydroxylation is 1. The number of hydrogen-bond acceptors (Lipinski definition) is 4. The Hall–Kier alpha value is -2.60. The molecule has 1 N–H and O–H groups in total. The van der Waals surface area contributed by atoms with E-state index < -0.39 is 5.97 Å². The van der Waals surface area contributed by atoms with Crippen LogP contribution in [0.5, 0.6) is 0 Å². The second kappa shape index (κ2) is 8.19. The number of furan rings is 1. The number of ether oxygens (including phenoxy) is 1. The van der Waals surface area contributed by atoms with Crippen molar-refractivity contribution in [1.29, 1.82) is 0 Å². The van der Waals surface area contributed by atoms with E-state index in [-0.39, 0.29) is 23.3 Å². The first-order valence-corrected chi connectivity index (χ1v) is 8.88. The van der Waals surface area contributed by atoms with Crippen LogP contribution in [0.25, 0.3) is 0 Å². The van der Waals surface area contributed by atoms with Crippen LogP contribution in [-0.2, 0) is 17.6 Å². The number of hydrogen-bond donors (Lipinski definition) is 1. The van der Waals surface area contributed by atoms with Crippen LogP contribution in [-0.4, -0.2) is 47.7 Å². The average molecular weight is 357 g/mol. The third-order valence-electron chi connectivity index (χ3n) is 4.66. The molecule has 1 aromatic carbocycles. The van der Waals surface area contributed by atoms with Crippen molar-refractivity contribution >= 4 is 11.9 Å². The normalized spacial score (nSPS) is 16.6. The predicted octanol–water partition coefficient (Wildman–Crippen LogP) is 3.01. The van der Waals surface area contributed by atoms with Crippen molar-refractivity contribution in [2.45, 2.75) is 32.2 Å². The largest absolute Gasteiger partial charge is 0.478 e. The Bertz CT molecular complexity index is 762. The van der Waals surface area contributed by atoms with Gasteiger partial charge in [-0.05, 0) is 18.4 Å². The molecule has 0 bridgehead atoms. The number of carbonyl (C=O) groups excluding carboxylic acids is 1. The Kier molecular flexibility index (Phi) is 5.73. The van der Waals surface area contributed by atoms with Gasteiger partial charge in [0.05, 0.1) is 12.6 Å². The van der Waals surface area contributed by atoms with E-state index in [4.69, 9.17) is 9.15 Å². The highest BCUT2D eigenvalue weighted by Gasteiger charge is 2.31. The first-order chi connectivity index (χ1) is 12.6. The smallest absolute Gasteiger partial charge is 0.339 e. The maximum Gasteiger partial charge on any atom is 0.339 e. The Balaban J connectivity index is 1.81. The van der Waals surface area contributed by atoms with Gasteiger partial charge in [-0.25, -0.2) is 4.79 Å². The molecule has 0 saturated carbocycles. The summed E-state index contributed by atoms with van der Waals surface area (Å²) >= 11 is 0. The van der Waals surface area contributed by atoms with Crippen molar-refractivity contribution in [2.24, 2.45) is 0 Å². The lowest BCUT2D eigenvalue weighted by Gasteiger charge is -2.27. The minimum absolute atomic E-state index is 0.0188. The van der Waals surface area contributed by atoms with E-state index in [2.05, 4.69) is 0 Å². The first-order valence-electron chi connectivity index (χ1n) is 8.88. The van der Waals surface area contributed by atoms with E-state index in [0.717, 1.165) is 18.4 Å². The summed E-state index contributed by atoms with van der Waals surface area (Å²) in [4.78, 5) is 26.1. The van der Waals surface area contributed by atoms with Crippen molar-refractivity contribution in [3.05, 3.63) is 59.0 Å². The Morgan fingerprint density at radius 3 is 2.62 bits per heavy atom. The van der Waals surface area contributed by atoms with Gasteiger partial charge in [0.1, 0.15) is 11.3 Å². The van der Waals surface area contributed by atoms with E-state index in [1.54, 1.807) is 11.8 Å². The van der Waals surface area contributed by atoms with E-state index in [9.17, 15) is 14.7 Å². The number of aromatic carboxylic acids is 1. The van der Waals surface area contributed by atoms with Gasteiger partial charge in [-0.15, -0.1) is 0 Å². The van der Waals surface area contributed by atoms with Crippen LogP contribution in [0.1, 0.15) is 45.6 Å². The van der Waals surface area contributed by atoms with Gasteiger partial charge in [0.25, 0.3) is 5.91 Å². The topological polar surface area (TPSA) is 80.0 Å². The van der Waals surface area contributed by atoms with Crippen LogP contribution in [0.3, 0.4) is 0 Å². The summed E-state index contributed by atoms with van der Waals surface area (Å²) in [6.45, 7) is 3.45. The predicted molar refractivity (Wildman–Crippen MR) is 95.5 cm³/mol. The molecule has 0 radical (unpaired) electrons. The molecule has 2 heterocycles. The molecular formula is C20H23NO5. The number of carboxylic acids is 1. The zero-order chi connectivity index (χ0) is 18.5. The van der Waals surface area contributed by atoms with Crippen LogP contribution in [0.2, 0.25) is 0 Å². The highest BCUT2D eigenvalue weighted by atomic mass is 16.5. The molecular weight excluding hydrogens is 334 g/mol. The lowest BCUT2D eigenvalue weighted by Crippen LogP contribution is -2.42. The molecule has 0 spiro atoms. The standard InChI is InChI=1S/C20H23NO5/c1-2-17-16(20(23)24)12-18(26-17)19(22)21(15-9-11-25-13-15)10-8-14-6-4-3-5-7-14/h3-7,12,15H,2,8-11,13H2,1H3,(H,23,24). The fourth-order valence-corrected chi connectivity index (χ4v) is 3.23. The number of amides is 1. The average Bonchev–Trinajstić information content (AvgIpc) is 3.32. The zero-order valence-corrected chi connectivity index (χ0v) is 14.8. The van der Waals surface area contributed by atoms with Crippen LogP contribution >= 0.6 is 0 Å². The summed E-state index contributed by atoms with van der Waals surface area (Å²) in [6, 6.07) is 11.3. The summed E-state index contributed by atoms with van der Waals surface area (Å²) in [5.41, 5.74) is 1.20. The highest BCUT2D eigenvalue weighted by Crippen LogP contribution is 2.22. The fourth-order valence-electron chi connectivity index (χ4n) is 3.23. The minimum atomic E-state index is -1.08. The number of benzene rings is 1. The molecule has 1 atom stereocenters. The van der Waals surface area contributed by atoms with Crippen LogP contribution in [0, 0.1) is 0 Å². The molecule has 26 heavy (non-hydrogen) atoms. The molecule has 6 heteroatoms. The van der Waals surface area contributed by atoms with Gasteiger partial charge in [0.15, 0.2) is 5.76 Å².